The first kappa shape index (κ1) is 24.2. The molecule has 1 saturated heterocycles. The number of aromatic amines is 1. The number of rotatable bonds is 9. The molecule has 1 N–H and O–H groups in total. The maximum absolute atomic E-state index is 12.9. The molecule has 2 aromatic heterocycles. The first-order valence-corrected chi connectivity index (χ1v) is 11.9. The summed E-state index contributed by atoms with van der Waals surface area (Å²) in [4.78, 5) is 49.4. The SMILES string of the molecule is CCCCn1c(=O)[nH]c(=O)c2c1nc(CCC(=O)N(C)C1CCN(C)CC1)n2CC(C)C. The van der Waals surface area contributed by atoms with Crippen LogP contribution in [0.3, 0.4) is 0 Å². The fourth-order valence-electron chi connectivity index (χ4n) is 4.47. The van der Waals surface area contributed by atoms with Crippen molar-refractivity contribution in [3.8, 4) is 0 Å². The van der Waals surface area contributed by atoms with Gasteiger partial charge >= 0.3 is 5.69 Å². The van der Waals surface area contributed by atoms with Gasteiger partial charge in [-0.05, 0) is 45.3 Å². The summed E-state index contributed by atoms with van der Waals surface area (Å²) in [5, 5.41) is 0. The third-order valence-electron chi connectivity index (χ3n) is 6.44. The van der Waals surface area contributed by atoms with Crippen LogP contribution in [-0.2, 0) is 24.3 Å². The summed E-state index contributed by atoms with van der Waals surface area (Å²) in [6.45, 7) is 9.35. The van der Waals surface area contributed by atoms with E-state index in [1.807, 2.05) is 16.5 Å². The molecule has 0 spiro atoms. The zero-order valence-electron chi connectivity index (χ0n) is 20.2. The Morgan fingerprint density at radius 1 is 1.22 bits per heavy atom. The molecule has 9 heteroatoms. The van der Waals surface area contributed by atoms with Crippen molar-refractivity contribution in [2.75, 3.05) is 27.2 Å². The first-order valence-electron chi connectivity index (χ1n) is 11.9. The number of aryl methyl sites for hydroxylation is 2. The van der Waals surface area contributed by atoms with Gasteiger partial charge in [-0.15, -0.1) is 0 Å². The molecule has 3 heterocycles. The molecule has 178 valence electrons. The number of likely N-dealkylation sites (tertiary alicyclic amines) is 1. The highest BCUT2D eigenvalue weighted by Gasteiger charge is 2.25. The molecule has 1 amide bonds. The van der Waals surface area contributed by atoms with Gasteiger partial charge in [-0.1, -0.05) is 27.2 Å². The summed E-state index contributed by atoms with van der Waals surface area (Å²) in [7, 11) is 4.00. The fraction of sp³-hybridized carbons (Fsp3) is 0.739. The number of amides is 1. The van der Waals surface area contributed by atoms with Gasteiger partial charge in [-0.25, -0.2) is 9.78 Å². The van der Waals surface area contributed by atoms with Crippen LogP contribution in [0.15, 0.2) is 9.59 Å². The number of aromatic nitrogens is 4. The van der Waals surface area contributed by atoms with Crippen molar-refractivity contribution < 1.29 is 4.79 Å². The summed E-state index contributed by atoms with van der Waals surface area (Å²) in [6, 6.07) is 0.273. The van der Waals surface area contributed by atoms with Gasteiger partial charge in [0.15, 0.2) is 11.2 Å². The van der Waals surface area contributed by atoms with E-state index in [-0.39, 0.29) is 11.9 Å². The van der Waals surface area contributed by atoms with Gasteiger partial charge in [-0.2, -0.15) is 0 Å². The number of imidazole rings is 1. The van der Waals surface area contributed by atoms with Crippen LogP contribution in [0.5, 0.6) is 0 Å². The average molecular weight is 447 g/mol. The molecule has 0 radical (unpaired) electrons. The molecule has 1 aliphatic heterocycles. The summed E-state index contributed by atoms with van der Waals surface area (Å²) in [6.07, 6.45) is 4.52. The van der Waals surface area contributed by atoms with E-state index < -0.39 is 11.2 Å². The lowest BCUT2D eigenvalue weighted by Gasteiger charge is -2.35. The Balaban J connectivity index is 1.88. The Kier molecular flexibility index (Phi) is 7.92. The van der Waals surface area contributed by atoms with Crippen LogP contribution < -0.4 is 11.2 Å². The van der Waals surface area contributed by atoms with Crippen LogP contribution in [0, 0.1) is 5.92 Å². The zero-order chi connectivity index (χ0) is 23.4. The minimum atomic E-state index is -0.422. The highest BCUT2D eigenvalue weighted by Crippen LogP contribution is 2.18. The number of hydrogen-bond acceptors (Lipinski definition) is 5. The van der Waals surface area contributed by atoms with Crippen LogP contribution >= 0.6 is 0 Å². The molecule has 32 heavy (non-hydrogen) atoms. The number of hydrogen-bond donors (Lipinski definition) is 1. The highest BCUT2D eigenvalue weighted by molar-refractivity contribution is 5.77. The van der Waals surface area contributed by atoms with E-state index in [4.69, 9.17) is 4.98 Å². The van der Waals surface area contributed by atoms with E-state index in [1.54, 1.807) is 4.57 Å². The smallest absolute Gasteiger partial charge is 0.330 e. The summed E-state index contributed by atoms with van der Waals surface area (Å²) in [5.74, 6) is 1.08. The third kappa shape index (κ3) is 5.31. The van der Waals surface area contributed by atoms with E-state index in [2.05, 4.69) is 37.7 Å². The van der Waals surface area contributed by atoms with Crippen LogP contribution in [0.1, 0.15) is 58.7 Å². The normalized spacial score (nSPS) is 15.7. The number of carbonyl (C=O) groups is 1. The number of piperidine rings is 1. The predicted octanol–water partition coefficient (Wildman–Crippen LogP) is 1.83. The average Bonchev–Trinajstić information content (AvgIpc) is 3.09. The second-order valence-corrected chi connectivity index (χ2v) is 9.51. The van der Waals surface area contributed by atoms with Crippen LogP contribution in [0.25, 0.3) is 11.2 Å². The lowest BCUT2D eigenvalue weighted by Crippen LogP contribution is -2.44. The van der Waals surface area contributed by atoms with Crippen molar-refractivity contribution in [3.63, 3.8) is 0 Å². The van der Waals surface area contributed by atoms with Crippen molar-refractivity contribution in [3.05, 3.63) is 26.7 Å². The molecule has 3 rings (SSSR count). The number of fused-ring (bicyclic) bond motifs is 1. The maximum Gasteiger partial charge on any atom is 0.330 e. The van der Waals surface area contributed by atoms with Gasteiger partial charge in [0.1, 0.15) is 5.82 Å². The lowest BCUT2D eigenvalue weighted by molar-refractivity contribution is -0.132. The Labute approximate surface area is 189 Å². The molecule has 9 nitrogen and oxygen atoms in total. The summed E-state index contributed by atoms with van der Waals surface area (Å²) in [5.41, 5.74) is 0.0289. The minimum absolute atomic E-state index is 0.0972. The first-order chi connectivity index (χ1) is 15.2. The molecule has 1 aliphatic rings. The lowest BCUT2D eigenvalue weighted by atomic mass is 10.0. The molecular formula is C23H38N6O3. The van der Waals surface area contributed by atoms with Gasteiger partial charge in [-0.3, -0.25) is 19.1 Å². The fourth-order valence-corrected chi connectivity index (χ4v) is 4.47. The van der Waals surface area contributed by atoms with Gasteiger partial charge in [0.25, 0.3) is 5.56 Å². The summed E-state index contributed by atoms with van der Waals surface area (Å²) >= 11 is 0. The largest absolute Gasteiger partial charge is 0.343 e. The van der Waals surface area contributed by atoms with Crippen molar-refractivity contribution >= 4 is 17.1 Å². The number of carbonyl (C=O) groups excluding carboxylic acids is 1. The Morgan fingerprint density at radius 3 is 2.53 bits per heavy atom. The van der Waals surface area contributed by atoms with Crippen LogP contribution in [0.4, 0.5) is 0 Å². The third-order valence-corrected chi connectivity index (χ3v) is 6.44. The van der Waals surface area contributed by atoms with Crippen LogP contribution in [0.2, 0.25) is 0 Å². The standard InChI is InChI=1S/C23H38N6O3/c1-6-7-12-28-21-20(22(31)25-23(28)32)29(15-16(2)3)18(24-21)8-9-19(30)27(5)17-10-13-26(4)14-11-17/h16-17H,6-15H2,1-5H3,(H,25,31,32). The highest BCUT2D eigenvalue weighted by atomic mass is 16.2. The second kappa shape index (κ2) is 10.5. The van der Waals surface area contributed by atoms with Gasteiger partial charge in [0.05, 0.1) is 0 Å². The molecule has 0 bridgehead atoms. The second-order valence-electron chi connectivity index (χ2n) is 9.51. The quantitative estimate of drug-likeness (QED) is 0.634. The molecule has 0 aromatic carbocycles. The van der Waals surface area contributed by atoms with E-state index in [9.17, 15) is 14.4 Å². The molecular weight excluding hydrogens is 408 g/mol. The topological polar surface area (TPSA) is 96.2 Å². The summed E-state index contributed by atoms with van der Waals surface area (Å²) < 4.78 is 3.47. The van der Waals surface area contributed by atoms with E-state index in [0.29, 0.717) is 48.8 Å². The zero-order valence-corrected chi connectivity index (χ0v) is 20.2. The molecule has 0 aliphatic carbocycles. The molecule has 2 aromatic rings. The molecule has 0 saturated carbocycles. The predicted molar refractivity (Wildman–Crippen MR) is 126 cm³/mol. The van der Waals surface area contributed by atoms with Crippen molar-refractivity contribution in [1.82, 2.24) is 28.9 Å². The van der Waals surface area contributed by atoms with Crippen molar-refractivity contribution in [2.45, 2.75) is 78.4 Å². The van der Waals surface area contributed by atoms with Gasteiger partial charge in [0, 0.05) is 39.0 Å². The Bertz CT molecular complexity index is 1040. The number of nitrogens with zero attached hydrogens (tertiary/aromatic N) is 5. The Hall–Kier alpha value is -2.42. The molecule has 0 atom stereocenters. The molecule has 1 fully saturated rings. The molecule has 0 unspecified atom stereocenters. The minimum Gasteiger partial charge on any atom is -0.343 e. The van der Waals surface area contributed by atoms with E-state index in [1.165, 1.54) is 0 Å². The Morgan fingerprint density at radius 2 is 1.91 bits per heavy atom. The number of unbranched alkanes of at least 4 members (excludes halogenated alkanes) is 1. The van der Waals surface area contributed by atoms with Crippen molar-refractivity contribution in [2.24, 2.45) is 5.92 Å². The van der Waals surface area contributed by atoms with E-state index >= 15 is 0 Å². The maximum atomic E-state index is 12.9. The van der Waals surface area contributed by atoms with Crippen LogP contribution in [-0.4, -0.2) is 68.0 Å². The number of nitrogens with one attached hydrogen (secondary N) is 1. The monoisotopic (exact) mass is 446 g/mol. The van der Waals surface area contributed by atoms with Gasteiger partial charge in [0.2, 0.25) is 5.91 Å². The van der Waals surface area contributed by atoms with Crippen molar-refractivity contribution in [1.29, 1.82) is 0 Å². The van der Waals surface area contributed by atoms with Gasteiger partial charge < -0.3 is 14.4 Å². The van der Waals surface area contributed by atoms with E-state index in [0.717, 1.165) is 38.8 Å². The number of H-pyrrole nitrogens is 1.